The van der Waals surface area contributed by atoms with E-state index in [9.17, 15) is 9.59 Å². The predicted molar refractivity (Wildman–Crippen MR) is 122 cm³/mol. The van der Waals surface area contributed by atoms with Crippen molar-refractivity contribution < 1.29 is 9.59 Å². The highest BCUT2D eigenvalue weighted by Crippen LogP contribution is 2.33. The van der Waals surface area contributed by atoms with Crippen LogP contribution in [0, 0.1) is 11.8 Å². The van der Waals surface area contributed by atoms with Crippen molar-refractivity contribution in [3.05, 3.63) is 29.6 Å². The third-order valence-electron chi connectivity index (χ3n) is 6.62. The second-order valence-corrected chi connectivity index (χ2v) is 10.3. The first-order valence-electron chi connectivity index (χ1n) is 11.5. The van der Waals surface area contributed by atoms with E-state index in [1.165, 1.54) is 10.9 Å². The molecule has 1 saturated carbocycles. The van der Waals surface area contributed by atoms with E-state index in [1.54, 1.807) is 11.1 Å². The SMILES string of the molecule is CN(CC1CCC(C(=O)N2CCc3c([nH]c4ncccc34)C2)CC1)C(=O)NC(C)(C)C. The number of aromatic nitrogens is 2. The molecule has 2 aromatic rings. The maximum absolute atomic E-state index is 13.2. The first-order valence-corrected chi connectivity index (χ1v) is 11.5. The highest BCUT2D eigenvalue weighted by atomic mass is 16.2. The van der Waals surface area contributed by atoms with E-state index >= 15 is 0 Å². The molecule has 3 amide bonds. The van der Waals surface area contributed by atoms with Crippen LogP contribution in [-0.4, -0.2) is 57.4 Å². The molecule has 1 fully saturated rings. The number of aromatic amines is 1. The van der Waals surface area contributed by atoms with E-state index in [1.807, 2.05) is 38.8 Å². The van der Waals surface area contributed by atoms with Crippen LogP contribution in [0.25, 0.3) is 11.0 Å². The van der Waals surface area contributed by atoms with Crippen molar-refractivity contribution in [3.8, 4) is 0 Å². The van der Waals surface area contributed by atoms with Gasteiger partial charge in [-0.15, -0.1) is 0 Å². The summed E-state index contributed by atoms with van der Waals surface area (Å²) in [4.78, 5) is 37.2. The molecule has 0 spiro atoms. The summed E-state index contributed by atoms with van der Waals surface area (Å²) in [6.45, 7) is 8.16. The van der Waals surface area contributed by atoms with Gasteiger partial charge < -0.3 is 20.1 Å². The molecular weight excluding hydrogens is 390 g/mol. The molecule has 31 heavy (non-hydrogen) atoms. The number of H-pyrrole nitrogens is 1. The van der Waals surface area contributed by atoms with Gasteiger partial charge >= 0.3 is 6.03 Å². The summed E-state index contributed by atoms with van der Waals surface area (Å²) in [5.41, 5.74) is 3.13. The van der Waals surface area contributed by atoms with Crippen molar-refractivity contribution in [2.24, 2.45) is 11.8 Å². The number of pyridine rings is 1. The maximum Gasteiger partial charge on any atom is 0.317 e. The third kappa shape index (κ3) is 4.86. The number of nitrogens with one attached hydrogen (secondary N) is 2. The Morgan fingerprint density at radius 2 is 2.00 bits per heavy atom. The molecule has 0 bridgehead atoms. The molecule has 168 valence electrons. The second-order valence-electron chi connectivity index (χ2n) is 10.3. The van der Waals surface area contributed by atoms with Gasteiger partial charge in [-0.2, -0.15) is 0 Å². The van der Waals surface area contributed by atoms with Crippen molar-refractivity contribution in [3.63, 3.8) is 0 Å². The molecule has 2 aromatic heterocycles. The number of nitrogens with zero attached hydrogens (tertiary/aromatic N) is 3. The Morgan fingerprint density at radius 3 is 2.71 bits per heavy atom. The molecule has 0 aromatic carbocycles. The lowest BCUT2D eigenvalue weighted by Crippen LogP contribution is -2.48. The first kappa shape index (κ1) is 21.7. The Balaban J connectivity index is 1.29. The Morgan fingerprint density at radius 1 is 1.26 bits per heavy atom. The van der Waals surface area contributed by atoms with Gasteiger partial charge in [-0.3, -0.25) is 4.79 Å². The topological polar surface area (TPSA) is 81.3 Å². The highest BCUT2D eigenvalue weighted by molar-refractivity contribution is 5.83. The first-order chi connectivity index (χ1) is 14.7. The molecule has 0 unspecified atom stereocenters. The Kier molecular flexibility index (Phi) is 5.95. The molecule has 7 heteroatoms. The van der Waals surface area contributed by atoms with E-state index in [2.05, 4.69) is 21.4 Å². The number of carbonyl (C=O) groups excluding carboxylic acids is 2. The van der Waals surface area contributed by atoms with Crippen LogP contribution in [0.5, 0.6) is 0 Å². The summed E-state index contributed by atoms with van der Waals surface area (Å²) in [6.07, 6.45) is 6.51. The second kappa shape index (κ2) is 8.52. The molecule has 2 N–H and O–H groups in total. The summed E-state index contributed by atoms with van der Waals surface area (Å²) in [7, 11) is 1.86. The molecule has 3 heterocycles. The lowest BCUT2D eigenvalue weighted by Gasteiger charge is -2.35. The fraction of sp³-hybridized carbons (Fsp3) is 0.625. The van der Waals surface area contributed by atoms with Crippen LogP contribution >= 0.6 is 0 Å². The van der Waals surface area contributed by atoms with Crippen molar-refractivity contribution in [1.29, 1.82) is 0 Å². The van der Waals surface area contributed by atoms with Crippen molar-refractivity contribution >= 4 is 23.0 Å². The highest BCUT2D eigenvalue weighted by Gasteiger charge is 2.32. The fourth-order valence-electron chi connectivity index (χ4n) is 4.99. The van der Waals surface area contributed by atoms with E-state index in [0.717, 1.165) is 56.5 Å². The summed E-state index contributed by atoms with van der Waals surface area (Å²) < 4.78 is 0. The van der Waals surface area contributed by atoms with E-state index in [4.69, 9.17) is 0 Å². The van der Waals surface area contributed by atoms with Crippen LogP contribution in [0.3, 0.4) is 0 Å². The van der Waals surface area contributed by atoms with Gasteiger partial charge in [0.05, 0.1) is 6.54 Å². The molecular formula is C24H35N5O2. The molecule has 0 atom stereocenters. The summed E-state index contributed by atoms with van der Waals surface area (Å²) >= 11 is 0. The number of carbonyl (C=O) groups is 2. The molecule has 1 aliphatic heterocycles. The van der Waals surface area contributed by atoms with Crippen LogP contribution in [0.15, 0.2) is 18.3 Å². The normalized spacial score (nSPS) is 21.6. The Bertz CT molecular complexity index is 953. The summed E-state index contributed by atoms with van der Waals surface area (Å²) in [5, 5.41) is 4.20. The monoisotopic (exact) mass is 425 g/mol. The van der Waals surface area contributed by atoms with Gasteiger partial charge in [0.1, 0.15) is 5.65 Å². The average molecular weight is 426 g/mol. The average Bonchev–Trinajstić information content (AvgIpc) is 3.10. The van der Waals surface area contributed by atoms with Gasteiger partial charge in [-0.25, -0.2) is 9.78 Å². The fourth-order valence-corrected chi connectivity index (χ4v) is 4.99. The van der Waals surface area contributed by atoms with Crippen molar-refractivity contribution in [2.45, 2.75) is 65.0 Å². The molecule has 2 aliphatic rings. The maximum atomic E-state index is 13.2. The van der Waals surface area contributed by atoms with Crippen LogP contribution in [-0.2, 0) is 17.8 Å². The van der Waals surface area contributed by atoms with E-state index in [-0.39, 0.29) is 23.4 Å². The van der Waals surface area contributed by atoms with E-state index < -0.39 is 0 Å². The molecule has 0 radical (unpaired) electrons. The number of hydrogen-bond donors (Lipinski definition) is 2. The number of rotatable bonds is 3. The van der Waals surface area contributed by atoms with Crippen LogP contribution in [0.1, 0.15) is 57.7 Å². The Labute approximate surface area is 184 Å². The lowest BCUT2D eigenvalue weighted by molar-refractivity contribution is -0.137. The van der Waals surface area contributed by atoms with Gasteiger partial charge in [0.2, 0.25) is 5.91 Å². The zero-order valence-corrected chi connectivity index (χ0v) is 19.2. The predicted octanol–water partition coefficient (Wildman–Crippen LogP) is 3.69. The van der Waals surface area contributed by atoms with Gasteiger partial charge in [-0.1, -0.05) is 0 Å². The van der Waals surface area contributed by atoms with Gasteiger partial charge in [0.15, 0.2) is 0 Å². The Hall–Kier alpha value is -2.57. The quantitative estimate of drug-likeness (QED) is 0.787. The van der Waals surface area contributed by atoms with Gasteiger partial charge in [0, 0.05) is 48.9 Å². The lowest BCUT2D eigenvalue weighted by atomic mass is 9.81. The molecule has 0 saturated heterocycles. The minimum Gasteiger partial charge on any atom is -0.341 e. The van der Waals surface area contributed by atoms with Crippen LogP contribution in [0.4, 0.5) is 4.79 Å². The van der Waals surface area contributed by atoms with Crippen molar-refractivity contribution in [1.82, 2.24) is 25.1 Å². The molecule has 7 nitrogen and oxygen atoms in total. The van der Waals surface area contributed by atoms with Gasteiger partial charge in [-0.05, 0) is 76.5 Å². The zero-order chi connectivity index (χ0) is 22.2. The summed E-state index contributed by atoms with van der Waals surface area (Å²) in [6, 6.07) is 4.05. The van der Waals surface area contributed by atoms with Crippen LogP contribution < -0.4 is 5.32 Å². The molecule has 4 rings (SSSR count). The van der Waals surface area contributed by atoms with Crippen LogP contribution in [0.2, 0.25) is 0 Å². The van der Waals surface area contributed by atoms with E-state index in [0.29, 0.717) is 12.5 Å². The standard InChI is InChI=1S/C24H35N5O2/c1-24(2,3)27-23(31)28(4)14-16-7-9-17(10-8-16)22(30)29-13-11-18-19-6-5-12-25-21(19)26-20(18)15-29/h5-6,12,16-17H,7-11,13-15H2,1-4H3,(H,25,26)(H,27,31). The number of fused-ring (bicyclic) bond motifs is 3. The number of urea groups is 1. The minimum absolute atomic E-state index is 0.0253. The third-order valence-corrected chi connectivity index (χ3v) is 6.62. The van der Waals surface area contributed by atoms with Gasteiger partial charge in [0.25, 0.3) is 0 Å². The molecule has 1 aliphatic carbocycles. The largest absolute Gasteiger partial charge is 0.341 e. The number of hydrogen-bond acceptors (Lipinski definition) is 3. The zero-order valence-electron chi connectivity index (χ0n) is 19.2. The smallest absolute Gasteiger partial charge is 0.317 e. The number of amides is 3. The summed E-state index contributed by atoms with van der Waals surface area (Å²) in [5.74, 6) is 0.857. The van der Waals surface area contributed by atoms with Crippen molar-refractivity contribution in [2.75, 3.05) is 20.1 Å². The minimum atomic E-state index is -0.231.